The predicted molar refractivity (Wildman–Crippen MR) is 122 cm³/mol. The molecule has 3 aliphatic rings. The minimum atomic E-state index is -0.250. The molecule has 0 spiro atoms. The van der Waals surface area contributed by atoms with Gasteiger partial charge in [-0.1, -0.05) is 48.0 Å². The molecular weight excluding hydrogens is 386 g/mol. The fraction of sp³-hybridized carbons (Fsp3) is 0.462. The van der Waals surface area contributed by atoms with Gasteiger partial charge in [0.15, 0.2) is 0 Å². The third-order valence-electron chi connectivity index (χ3n) is 6.99. The molecule has 1 aliphatic carbocycles. The van der Waals surface area contributed by atoms with E-state index in [4.69, 9.17) is 0 Å². The second-order valence-electron chi connectivity index (χ2n) is 9.34. The van der Waals surface area contributed by atoms with Crippen LogP contribution >= 0.6 is 0 Å². The van der Waals surface area contributed by atoms with Gasteiger partial charge >= 0.3 is 0 Å². The first-order valence-electron chi connectivity index (χ1n) is 11.5. The minimum Gasteiger partial charge on any atom is -0.336 e. The summed E-state index contributed by atoms with van der Waals surface area (Å²) >= 11 is 0. The van der Waals surface area contributed by atoms with Crippen molar-refractivity contribution < 1.29 is 9.59 Å². The molecule has 5 nitrogen and oxygen atoms in total. The number of carbonyl (C=O) groups is 2. The highest BCUT2D eigenvalue weighted by molar-refractivity contribution is 6.00. The Labute approximate surface area is 184 Å². The smallest absolute Gasteiger partial charge is 0.228 e. The first kappa shape index (κ1) is 20.3. The molecule has 3 fully saturated rings. The number of aryl methyl sites for hydroxylation is 1. The van der Waals surface area contributed by atoms with E-state index in [1.807, 2.05) is 37.3 Å². The fourth-order valence-electron chi connectivity index (χ4n) is 5.08. The van der Waals surface area contributed by atoms with Crippen LogP contribution in [0, 0.1) is 12.8 Å². The van der Waals surface area contributed by atoms with Crippen LogP contribution in [0.2, 0.25) is 0 Å². The second kappa shape index (κ2) is 8.46. The van der Waals surface area contributed by atoms with Crippen molar-refractivity contribution in [3.05, 3.63) is 65.7 Å². The third kappa shape index (κ3) is 4.38. The maximum atomic E-state index is 13.6. The van der Waals surface area contributed by atoms with Crippen molar-refractivity contribution >= 4 is 17.5 Å². The molecule has 162 valence electrons. The van der Waals surface area contributed by atoms with Crippen LogP contribution in [-0.4, -0.2) is 59.9 Å². The highest BCUT2D eigenvalue weighted by atomic mass is 16.2. The van der Waals surface area contributed by atoms with E-state index in [1.165, 1.54) is 24.0 Å². The van der Waals surface area contributed by atoms with Crippen molar-refractivity contribution in [2.75, 3.05) is 31.1 Å². The van der Waals surface area contributed by atoms with E-state index in [0.717, 1.165) is 31.7 Å². The van der Waals surface area contributed by atoms with E-state index in [0.29, 0.717) is 19.0 Å². The van der Waals surface area contributed by atoms with Gasteiger partial charge in [-0.05, 0) is 43.9 Å². The molecule has 5 rings (SSSR count). The number of amides is 2. The topological polar surface area (TPSA) is 43.9 Å². The summed E-state index contributed by atoms with van der Waals surface area (Å²) in [6.07, 6.45) is 3.76. The average Bonchev–Trinajstić information content (AvgIpc) is 3.56. The Balaban J connectivity index is 1.31. The molecule has 2 aliphatic heterocycles. The van der Waals surface area contributed by atoms with E-state index < -0.39 is 0 Å². The molecule has 2 aromatic carbocycles. The fourth-order valence-corrected chi connectivity index (χ4v) is 5.08. The number of nitrogens with zero attached hydrogens (tertiary/aromatic N) is 3. The van der Waals surface area contributed by atoms with E-state index in [1.54, 1.807) is 4.90 Å². The lowest BCUT2D eigenvalue weighted by Crippen LogP contribution is -2.57. The van der Waals surface area contributed by atoms with Crippen LogP contribution in [0.25, 0.3) is 0 Å². The lowest BCUT2D eigenvalue weighted by molar-refractivity contribution is -0.140. The van der Waals surface area contributed by atoms with Gasteiger partial charge in [-0.3, -0.25) is 14.5 Å². The van der Waals surface area contributed by atoms with Gasteiger partial charge in [-0.25, -0.2) is 0 Å². The molecule has 2 unspecified atom stereocenters. The molecule has 2 atom stereocenters. The van der Waals surface area contributed by atoms with Crippen molar-refractivity contribution in [2.24, 2.45) is 5.92 Å². The van der Waals surface area contributed by atoms with Crippen LogP contribution in [0.1, 0.15) is 30.4 Å². The second-order valence-corrected chi connectivity index (χ2v) is 9.34. The monoisotopic (exact) mass is 417 g/mol. The summed E-state index contributed by atoms with van der Waals surface area (Å²) in [6, 6.07) is 19.3. The molecule has 0 aromatic heterocycles. The maximum Gasteiger partial charge on any atom is 0.228 e. The zero-order chi connectivity index (χ0) is 21.4. The van der Waals surface area contributed by atoms with Crippen LogP contribution in [-0.2, 0) is 16.0 Å². The molecule has 0 N–H and O–H groups in total. The number of hydrogen-bond donors (Lipinski definition) is 0. The summed E-state index contributed by atoms with van der Waals surface area (Å²) in [5.41, 5.74) is 3.33. The van der Waals surface area contributed by atoms with Gasteiger partial charge < -0.3 is 9.80 Å². The Morgan fingerprint density at radius 3 is 2.42 bits per heavy atom. The SMILES string of the molecule is Cc1ccc(N2CC(C(=O)N3CCN(C4CC4)CC3Cc3ccccc3)CC2=O)cc1. The summed E-state index contributed by atoms with van der Waals surface area (Å²) in [6.45, 7) is 5.18. The van der Waals surface area contributed by atoms with Crippen molar-refractivity contribution in [1.82, 2.24) is 9.80 Å². The van der Waals surface area contributed by atoms with E-state index >= 15 is 0 Å². The van der Waals surface area contributed by atoms with Crippen LogP contribution < -0.4 is 4.90 Å². The van der Waals surface area contributed by atoms with Gasteiger partial charge in [0, 0.05) is 50.4 Å². The molecule has 2 saturated heterocycles. The largest absolute Gasteiger partial charge is 0.336 e. The Kier molecular flexibility index (Phi) is 5.53. The molecule has 2 heterocycles. The van der Waals surface area contributed by atoms with Crippen LogP contribution in [0.4, 0.5) is 5.69 Å². The zero-order valence-electron chi connectivity index (χ0n) is 18.2. The Hall–Kier alpha value is -2.66. The van der Waals surface area contributed by atoms with Gasteiger partial charge in [0.1, 0.15) is 0 Å². The van der Waals surface area contributed by atoms with Gasteiger partial charge in [-0.15, -0.1) is 0 Å². The van der Waals surface area contributed by atoms with Crippen molar-refractivity contribution in [3.63, 3.8) is 0 Å². The summed E-state index contributed by atoms with van der Waals surface area (Å²) < 4.78 is 0. The lowest BCUT2D eigenvalue weighted by Gasteiger charge is -2.42. The molecule has 2 amide bonds. The summed E-state index contributed by atoms with van der Waals surface area (Å²) in [7, 11) is 0. The Bertz CT molecular complexity index is 939. The highest BCUT2D eigenvalue weighted by Gasteiger charge is 2.42. The molecular formula is C26H31N3O2. The van der Waals surface area contributed by atoms with Crippen molar-refractivity contribution in [3.8, 4) is 0 Å². The van der Waals surface area contributed by atoms with E-state index in [-0.39, 0.29) is 23.8 Å². The van der Waals surface area contributed by atoms with E-state index in [2.05, 4.69) is 34.1 Å². The van der Waals surface area contributed by atoms with Crippen LogP contribution in [0.15, 0.2) is 54.6 Å². The molecule has 2 aromatic rings. The van der Waals surface area contributed by atoms with Gasteiger partial charge in [0.2, 0.25) is 11.8 Å². The first-order valence-corrected chi connectivity index (χ1v) is 11.5. The standard InChI is InChI=1S/C26H31N3O2/c1-19-7-9-23(10-8-19)29-17-21(16-25(29)30)26(31)28-14-13-27(22-11-12-22)18-24(28)15-20-5-3-2-4-6-20/h2-10,21-22,24H,11-18H2,1H3. The lowest BCUT2D eigenvalue weighted by atomic mass is 9.98. The normalized spacial score (nSPS) is 24.6. The van der Waals surface area contributed by atoms with Crippen LogP contribution in [0.3, 0.4) is 0 Å². The van der Waals surface area contributed by atoms with Gasteiger partial charge in [0.25, 0.3) is 0 Å². The molecule has 1 saturated carbocycles. The molecule has 5 heteroatoms. The average molecular weight is 418 g/mol. The number of benzene rings is 2. The summed E-state index contributed by atoms with van der Waals surface area (Å²) in [4.78, 5) is 32.8. The van der Waals surface area contributed by atoms with Gasteiger partial charge in [-0.2, -0.15) is 0 Å². The summed E-state index contributed by atoms with van der Waals surface area (Å²) in [5.74, 6) is -0.0441. The number of carbonyl (C=O) groups excluding carboxylic acids is 2. The summed E-state index contributed by atoms with van der Waals surface area (Å²) in [5, 5.41) is 0. The number of hydrogen-bond acceptors (Lipinski definition) is 3. The zero-order valence-corrected chi connectivity index (χ0v) is 18.2. The number of anilines is 1. The first-order chi connectivity index (χ1) is 15.1. The predicted octanol–water partition coefficient (Wildman–Crippen LogP) is 3.27. The quantitative estimate of drug-likeness (QED) is 0.750. The number of piperazine rings is 1. The third-order valence-corrected chi connectivity index (χ3v) is 6.99. The molecule has 0 radical (unpaired) electrons. The number of rotatable bonds is 5. The van der Waals surface area contributed by atoms with Gasteiger partial charge in [0.05, 0.1) is 5.92 Å². The Morgan fingerprint density at radius 2 is 1.71 bits per heavy atom. The van der Waals surface area contributed by atoms with E-state index in [9.17, 15) is 9.59 Å². The minimum absolute atomic E-state index is 0.0541. The highest BCUT2D eigenvalue weighted by Crippen LogP contribution is 2.32. The molecule has 31 heavy (non-hydrogen) atoms. The maximum absolute atomic E-state index is 13.6. The molecule has 0 bridgehead atoms. The Morgan fingerprint density at radius 1 is 0.968 bits per heavy atom. The van der Waals surface area contributed by atoms with Crippen molar-refractivity contribution in [1.29, 1.82) is 0 Å². The van der Waals surface area contributed by atoms with Crippen molar-refractivity contribution in [2.45, 2.75) is 44.7 Å². The van der Waals surface area contributed by atoms with Crippen LogP contribution in [0.5, 0.6) is 0 Å².